The molecule has 98 valence electrons. The van der Waals surface area contributed by atoms with Crippen molar-refractivity contribution in [2.24, 2.45) is 5.73 Å². The number of nitrogens with two attached hydrogens (primary N) is 1. The largest absolute Gasteiger partial charge is 0.372 e. The van der Waals surface area contributed by atoms with Gasteiger partial charge in [0.25, 0.3) is 0 Å². The Bertz CT molecular complexity index is 296. The molecule has 2 fully saturated rings. The van der Waals surface area contributed by atoms with Gasteiger partial charge in [-0.15, -0.1) is 0 Å². The predicted octanol–water partition coefficient (Wildman–Crippen LogP) is 1.29. The van der Waals surface area contributed by atoms with Gasteiger partial charge in [-0.25, -0.2) is 0 Å². The van der Waals surface area contributed by atoms with Crippen LogP contribution in [0.25, 0.3) is 0 Å². The topological polar surface area (TPSA) is 55.6 Å². The van der Waals surface area contributed by atoms with Crippen LogP contribution < -0.4 is 5.73 Å². The number of ether oxygens (including phenoxy) is 1. The fraction of sp³-hybridized carbons (Fsp3) is 0.923. The lowest BCUT2D eigenvalue weighted by atomic mass is 9.81. The molecule has 0 spiro atoms. The molecule has 0 aromatic rings. The highest BCUT2D eigenvalue weighted by Crippen LogP contribution is 2.29. The Hall–Kier alpha value is -0.610. The molecule has 1 aliphatic carbocycles. The molecule has 0 radical (unpaired) electrons. The van der Waals surface area contributed by atoms with Crippen molar-refractivity contribution in [2.75, 3.05) is 19.7 Å². The van der Waals surface area contributed by atoms with Crippen molar-refractivity contribution in [1.82, 2.24) is 4.90 Å². The normalized spacial score (nSPS) is 27.8. The molecule has 0 aromatic heterocycles. The second-order valence-electron chi connectivity index (χ2n) is 6.05. The van der Waals surface area contributed by atoms with E-state index in [2.05, 4.69) is 0 Å². The van der Waals surface area contributed by atoms with Crippen LogP contribution in [-0.2, 0) is 9.53 Å². The third-order valence-corrected chi connectivity index (χ3v) is 3.88. The first-order valence-corrected chi connectivity index (χ1v) is 6.65. The Kier molecular flexibility index (Phi) is 3.46. The summed E-state index contributed by atoms with van der Waals surface area (Å²) in [6.07, 6.45) is 5.04. The van der Waals surface area contributed by atoms with Crippen LogP contribution in [0.4, 0.5) is 0 Å². The molecule has 0 atom stereocenters. The summed E-state index contributed by atoms with van der Waals surface area (Å²) >= 11 is 0. The van der Waals surface area contributed by atoms with Crippen molar-refractivity contribution in [1.29, 1.82) is 0 Å². The lowest BCUT2D eigenvalue weighted by molar-refractivity contribution is -0.152. The van der Waals surface area contributed by atoms with Gasteiger partial charge in [-0.1, -0.05) is 19.3 Å². The van der Waals surface area contributed by atoms with E-state index < -0.39 is 5.54 Å². The fourth-order valence-electron chi connectivity index (χ4n) is 2.90. The molecule has 0 aromatic carbocycles. The highest BCUT2D eigenvalue weighted by molar-refractivity contribution is 5.86. The van der Waals surface area contributed by atoms with E-state index in [1.165, 1.54) is 6.42 Å². The summed E-state index contributed by atoms with van der Waals surface area (Å²) < 4.78 is 5.63. The number of carbonyl (C=O) groups is 1. The molecular formula is C13H24N2O2. The Morgan fingerprint density at radius 3 is 2.47 bits per heavy atom. The van der Waals surface area contributed by atoms with Crippen LogP contribution in [-0.4, -0.2) is 41.6 Å². The first kappa shape index (κ1) is 12.8. The molecule has 1 saturated carbocycles. The minimum atomic E-state index is -0.605. The maximum atomic E-state index is 12.5. The van der Waals surface area contributed by atoms with E-state index in [1.54, 1.807) is 0 Å². The van der Waals surface area contributed by atoms with Crippen LogP contribution in [0.5, 0.6) is 0 Å². The standard InChI is InChI=1S/C13H24N2O2/c1-12(2)10-15(8-9-17-12)11(16)13(14)6-4-3-5-7-13/h3-10,14H2,1-2H3. The van der Waals surface area contributed by atoms with Crippen molar-refractivity contribution in [3.05, 3.63) is 0 Å². The number of hydrogen-bond donors (Lipinski definition) is 1. The molecule has 1 saturated heterocycles. The number of amides is 1. The van der Waals surface area contributed by atoms with Gasteiger partial charge in [0.1, 0.15) is 0 Å². The Morgan fingerprint density at radius 2 is 1.88 bits per heavy atom. The molecule has 1 amide bonds. The van der Waals surface area contributed by atoms with Gasteiger partial charge in [-0.3, -0.25) is 4.79 Å². The minimum Gasteiger partial charge on any atom is -0.372 e. The third-order valence-electron chi connectivity index (χ3n) is 3.88. The number of nitrogens with zero attached hydrogens (tertiary/aromatic N) is 1. The summed E-state index contributed by atoms with van der Waals surface area (Å²) in [6, 6.07) is 0. The third kappa shape index (κ3) is 2.80. The number of carbonyl (C=O) groups excluding carboxylic acids is 1. The number of morpholine rings is 1. The van der Waals surface area contributed by atoms with Crippen molar-refractivity contribution in [2.45, 2.75) is 57.1 Å². The van der Waals surface area contributed by atoms with Crippen molar-refractivity contribution >= 4 is 5.91 Å². The quantitative estimate of drug-likeness (QED) is 0.751. The van der Waals surface area contributed by atoms with E-state index in [0.717, 1.165) is 25.7 Å². The van der Waals surface area contributed by atoms with Crippen LogP contribution in [0.15, 0.2) is 0 Å². The molecular weight excluding hydrogens is 216 g/mol. The van der Waals surface area contributed by atoms with Gasteiger partial charge in [-0.05, 0) is 26.7 Å². The molecule has 0 bridgehead atoms. The van der Waals surface area contributed by atoms with Gasteiger partial charge in [0.15, 0.2) is 0 Å². The fourth-order valence-corrected chi connectivity index (χ4v) is 2.90. The highest BCUT2D eigenvalue weighted by Gasteiger charge is 2.41. The van der Waals surface area contributed by atoms with Crippen LogP contribution in [0.3, 0.4) is 0 Å². The van der Waals surface area contributed by atoms with Gasteiger partial charge >= 0.3 is 0 Å². The van der Waals surface area contributed by atoms with Crippen molar-refractivity contribution in [3.8, 4) is 0 Å². The molecule has 4 nitrogen and oxygen atoms in total. The monoisotopic (exact) mass is 240 g/mol. The lowest BCUT2D eigenvalue weighted by Gasteiger charge is -2.43. The van der Waals surface area contributed by atoms with Crippen LogP contribution in [0.2, 0.25) is 0 Å². The molecule has 1 heterocycles. The van der Waals surface area contributed by atoms with Gasteiger partial charge < -0.3 is 15.4 Å². The lowest BCUT2D eigenvalue weighted by Crippen LogP contribution is -2.61. The zero-order chi connectivity index (χ0) is 12.5. The van der Waals surface area contributed by atoms with Crippen LogP contribution in [0, 0.1) is 0 Å². The Labute approximate surface area is 103 Å². The van der Waals surface area contributed by atoms with E-state index in [1.807, 2.05) is 18.7 Å². The molecule has 1 aliphatic heterocycles. The number of hydrogen-bond acceptors (Lipinski definition) is 3. The van der Waals surface area contributed by atoms with Crippen molar-refractivity contribution < 1.29 is 9.53 Å². The summed E-state index contributed by atoms with van der Waals surface area (Å²) in [4.78, 5) is 14.4. The first-order valence-electron chi connectivity index (χ1n) is 6.65. The van der Waals surface area contributed by atoms with Gasteiger partial charge in [0, 0.05) is 13.1 Å². The molecule has 4 heteroatoms. The average Bonchev–Trinajstić information content (AvgIpc) is 2.27. The Morgan fingerprint density at radius 1 is 1.24 bits per heavy atom. The van der Waals surface area contributed by atoms with Gasteiger partial charge in [-0.2, -0.15) is 0 Å². The zero-order valence-electron chi connectivity index (χ0n) is 11.0. The summed E-state index contributed by atoms with van der Waals surface area (Å²) in [6.45, 7) is 6.01. The van der Waals surface area contributed by atoms with E-state index in [4.69, 9.17) is 10.5 Å². The van der Waals surface area contributed by atoms with E-state index in [0.29, 0.717) is 19.7 Å². The number of rotatable bonds is 1. The summed E-state index contributed by atoms with van der Waals surface area (Å²) in [5, 5.41) is 0. The van der Waals surface area contributed by atoms with Crippen molar-refractivity contribution in [3.63, 3.8) is 0 Å². The molecule has 2 aliphatic rings. The van der Waals surface area contributed by atoms with Gasteiger partial charge in [0.2, 0.25) is 5.91 Å². The van der Waals surface area contributed by atoms with Crippen LogP contribution >= 0.6 is 0 Å². The summed E-state index contributed by atoms with van der Waals surface area (Å²) in [7, 11) is 0. The Balaban J connectivity index is 2.03. The van der Waals surface area contributed by atoms with E-state index >= 15 is 0 Å². The van der Waals surface area contributed by atoms with Crippen LogP contribution in [0.1, 0.15) is 46.0 Å². The van der Waals surface area contributed by atoms with E-state index in [9.17, 15) is 4.79 Å². The molecule has 2 rings (SSSR count). The summed E-state index contributed by atoms with van der Waals surface area (Å²) in [5.41, 5.74) is 5.45. The summed E-state index contributed by atoms with van der Waals surface area (Å²) in [5.74, 6) is 0.133. The maximum absolute atomic E-state index is 12.5. The minimum absolute atomic E-state index is 0.133. The van der Waals surface area contributed by atoms with Gasteiger partial charge in [0.05, 0.1) is 17.7 Å². The molecule has 0 unspecified atom stereocenters. The highest BCUT2D eigenvalue weighted by atomic mass is 16.5. The second kappa shape index (κ2) is 4.58. The average molecular weight is 240 g/mol. The second-order valence-corrected chi connectivity index (χ2v) is 6.05. The molecule has 17 heavy (non-hydrogen) atoms. The van der Waals surface area contributed by atoms with E-state index in [-0.39, 0.29) is 11.5 Å². The SMILES string of the molecule is CC1(C)CN(C(=O)C2(N)CCCCC2)CCO1. The predicted molar refractivity (Wildman–Crippen MR) is 66.6 cm³/mol. The maximum Gasteiger partial charge on any atom is 0.242 e. The smallest absolute Gasteiger partial charge is 0.242 e. The molecule has 2 N–H and O–H groups in total. The first-order chi connectivity index (χ1) is 7.93. The zero-order valence-corrected chi connectivity index (χ0v) is 11.0.